The second-order valence-corrected chi connectivity index (χ2v) is 6.93. The molecule has 0 bridgehead atoms. The van der Waals surface area contributed by atoms with E-state index in [2.05, 4.69) is 16.3 Å². The van der Waals surface area contributed by atoms with Gasteiger partial charge < -0.3 is 15.5 Å². The van der Waals surface area contributed by atoms with Crippen molar-refractivity contribution in [2.24, 2.45) is 11.7 Å². The van der Waals surface area contributed by atoms with Gasteiger partial charge in [0.25, 0.3) is 5.91 Å². The average Bonchev–Trinajstić information content (AvgIpc) is 3.12. The maximum atomic E-state index is 12.1. The zero-order valence-corrected chi connectivity index (χ0v) is 15.0. The van der Waals surface area contributed by atoms with E-state index < -0.39 is 0 Å². The lowest BCUT2D eigenvalue weighted by atomic mass is 9.96. The van der Waals surface area contributed by atoms with Gasteiger partial charge in [-0.3, -0.25) is 9.69 Å². The molecule has 0 aliphatic carbocycles. The summed E-state index contributed by atoms with van der Waals surface area (Å²) in [6.45, 7) is 3.93. The Bertz CT molecular complexity index is 708. The highest BCUT2D eigenvalue weighted by atomic mass is 35.5. The van der Waals surface area contributed by atoms with Crippen molar-refractivity contribution in [3.63, 3.8) is 0 Å². The van der Waals surface area contributed by atoms with Crippen LogP contribution in [0.4, 0.5) is 0 Å². The Kier molecular flexibility index (Phi) is 6.13. The molecule has 134 valence electrons. The minimum absolute atomic E-state index is 0.0954. The van der Waals surface area contributed by atoms with Crippen molar-refractivity contribution in [2.45, 2.75) is 25.9 Å². The summed E-state index contributed by atoms with van der Waals surface area (Å²) in [4.78, 5) is 14.5. The highest BCUT2D eigenvalue weighted by Crippen LogP contribution is 2.22. The van der Waals surface area contributed by atoms with Crippen molar-refractivity contribution in [1.82, 2.24) is 10.2 Å². The minimum atomic E-state index is -0.0954. The van der Waals surface area contributed by atoms with Gasteiger partial charge in [-0.05, 0) is 49.5 Å². The monoisotopic (exact) mass is 361 g/mol. The predicted octanol–water partition coefficient (Wildman–Crippen LogP) is 3.03. The van der Waals surface area contributed by atoms with Gasteiger partial charge in [-0.1, -0.05) is 29.8 Å². The fraction of sp³-hybridized carbons (Fsp3) is 0.421. The van der Waals surface area contributed by atoms with E-state index >= 15 is 0 Å². The van der Waals surface area contributed by atoms with Crippen LogP contribution in [0.25, 0.3) is 0 Å². The molecule has 2 heterocycles. The van der Waals surface area contributed by atoms with E-state index in [0.29, 0.717) is 30.3 Å². The summed E-state index contributed by atoms with van der Waals surface area (Å²) in [6, 6.07) is 9.69. The van der Waals surface area contributed by atoms with E-state index in [1.807, 2.05) is 18.2 Å². The first-order valence-electron chi connectivity index (χ1n) is 8.67. The number of benzene rings is 1. The number of nitrogens with zero attached hydrogens (tertiary/aromatic N) is 1. The third-order valence-electron chi connectivity index (χ3n) is 4.73. The number of carbonyl (C=O) groups excluding carboxylic acids is 1. The fourth-order valence-corrected chi connectivity index (χ4v) is 3.36. The molecule has 1 aromatic heterocycles. The number of piperidine rings is 1. The molecule has 1 saturated heterocycles. The summed E-state index contributed by atoms with van der Waals surface area (Å²) in [7, 11) is 0. The van der Waals surface area contributed by atoms with Crippen LogP contribution in [0.2, 0.25) is 5.02 Å². The molecule has 1 fully saturated rings. The second kappa shape index (κ2) is 8.52. The number of halogens is 1. The van der Waals surface area contributed by atoms with Crippen LogP contribution in [0.15, 0.2) is 41.0 Å². The van der Waals surface area contributed by atoms with Gasteiger partial charge in [0.1, 0.15) is 12.0 Å². The van der Waals surface area contributed by atoms with Gasteiger partial charge in [-0.15, -0.1) is 0 Å². The topological polar surface area (TPSA) is 71.5 Å². The third kappa shape index (κ3) is 4.84. The molecule has 3 N–H and O–H groups in total. The average molecular weight is 362 g/mol. The normalized spacial score (nSPS) is 16.1. The van der Waals surface area contributed by atoms with Gasteiger partial charge in [-0.25, -0.2) is 0 Å². The Labute approximate surface area is 153 Å². The largest absolute Gasteiger partial charge is 0.467 e. The Morgan fingerprint density at radius 2 is 2.08 bits per heavy atom. The first kappa shape index (κ1) is 18.0. The van der Waals surface area contributed by atoms with E-state index in [1.165, 1.54) is 11.8 Å². The van der Waals surface area contributed by atoms with Crippen LogP contribution in [0.1, 0.15) is 34.5 Å². The molecule has 25 heavy (non-hydrogen) atoms. The number of hydrogen-bond acceptors (Lipinski definition) is 4. The van der Waals surface area contributed by atoms with Crippen LogP contribution in [0, 0.1) is 5.92 Å². The van der Waals surface area contributed by atoms with Gasteiger partial charge in [0.15, 0.2) is 0 Å². The van der Waals surface area contributed by atoms with Gasteiger partial charge in [0.05, 0.1) is 12.1 Å². The summed E-state index contributed by atoms with van der Waals surface area (Å²) >= 11 is 6.24. The quantitative estimate of drug-likeness (QED) is 0.829. The molecule has 0 saturated carbocycles. The highest BCUT2D eigenvalue weighted by Gasteiger charge is 2.20. The van der Waals surface area contributed by atoms with Crippen molar-refractivity contribution in [1.29, 1.82) is 0 Å². The van der Waals surface area contributed by atoms with E-state index in [1.54, 1.807) is 6.07 Å². The molecule has 3 rings (SSSR count). The Balaban J connectivity index is 1.42. The highest BCUT2D eigenvalue weighted by molar-refractivity contribution is 6.31. The zero-order chi connectivity index (χ0) is 17.6. The van der Waals surface area contributed by atoms with Gasteiger partial charge in [0, 0.05) is 18.1 Å². The van der Waals surface area contributed by atoms with Crippen LogP contribution < -0.4 is 11.1 Å². The second-order valence-electron chi connectivity index (χ2n) is 6.53. The number of nitrogens with two attached hydrogens (primary N) is 1. The molecule has 1 amide bonds. The number of hydrogen-bond donors (Lipinski definition) is 2. The smallest absolute Gasteiger partial charge is 0.254 e. The first-order valence-corrected chi connectivity index (χ1v) is 9.05. The van der Waals surface area contributed by atoms with E-state index in [0.717, 1.165) is 37.5 Å². The summed E-state index contributed by atoms with van der Waals surface area (Å²) in [5, 5.41) is 3.83. The molecule has 1 aliphatic heterocycles. The Morgan fingerprint density at radius 1 is 1.32 bits per heavy atom. The lowest BCUT2D eigenvalue weighted by Gasteiger charge is -2.32. The number of rotatable bonds is 6. The van der Waals surface area contributed by atoms with Crippen LogP contribution in [0.3, 0.4) is 0 Å². The van der Waals surface area contributed by atoms with Crippen molar-refractivity contribution in [3.8, 4) is 0 Å². The van der Waals surface area contributed by atoms with Gasteiger partial charge in [-0.2, -0.15) is 0 Å². The standard InChI is InChI=1S/C19H24ClN3O2/c20-18-4-2-1-3-15(18)12-23-7-5-14(6-8-23)11-22-19(24)16-9-17(10-21)25-13-16/h1-4,9,13-14H,5-8,10-12,21H2,(H,22,24). The molecule has 0 radical (unpaired) electrons. The van der Waals surface area contributed by atoms with E-state index in [4.69, 9.17) is 21.8 Å². The SMILES string of the molecule is NCc1cc(C(=O)NCC2CCN(Cc3ccccc3Cl)CC2)co1. The molecule has 6 heteroatoms. The van der Waals surface area contributed by atoms with Crippen molar-refractivity contribution in [2.75, 3.05) is 19.6 Å². The molecule has 0 unspecified atom stereocenters. The molecule has 0 atom stereocenters. The van der Waals surface area contributed by atoms with E-state index in [9.17, 15) is 4.79 Å². The van der Waals surface area contributed by atoms with Crippen LogP contribution in [-0.2, 0) is 13.1 Å². The number of likely N-dealkylation sites (tertiary alicyclic amines) is 1. The predicted molar refractivity (Wildman–Crippen MR) is 98.4 cm³/mol. The maximum absolute atomic E-state index is 12.1. The van der Waals surface area contributed by atoms with Crippen LogP contribution in [-0.4, -0.2) is 30.4 Å². The molecular weight excluding hydrogens is 338 g/mol. The number of amides is 1. The first-order chi connectivity index (χ1) is 12.2. The zero-order valence-electron chi connectivity index (χ0n) is 14.2. The van der Waals surface area contributed by atoms with Crippen molar-refractivity contribution >= 4 is 17.5 Å². The fourth-order valence-electron chi connectivity index (χ4n) is 3.16. The van der Waals surface area contributed by atoms with E-state index in [-0.39, 0.29) is 5.91 Å². The van der Waals surface area contributed by atoms with Crippen molar-refractivity contribution < 1.29 is 9.21 Å². The van der Waals surface area contributed by atoms with Crippen LogP contribution >= 0.6 is 11.6 Å². The lowest BCUT2D eigenvalue weighted by Crippen LogP contribution is -2.38. The van der Waals surface area contributed by atoms with Crippen molar-refractivity contribution in [3.05, 3.63) is 58.5 Å². The molecule has 1 aliphatic rings. The summed E-state index contributed by atoms with van der Waals surface area (Å²) < 4.78 is 5.20. The molecule has 1 aromatic carbocycles. The third-order valence-corrected chi connectivity index (χ3v) is 5.10. The summed E-state index contributed by atoms with van der Waals surface area (Å²) in [6.07, 6.45) is 3.61. The van der Waals surface area contributed by atoms with Gasteiger partial charge >= 0.3 is 0 Å². The summed E-state index contributed by atoms with van der Waals surface area (Å²) in [5.41, 5.74) is 7.20. The van der Waals surface area contributed by atoms with Gasteiger partial charge in [0.2, 0.25) is 0 Å². The minimum Gasteiger partial charge on any atom is -0.467 e. The maximum Gasteiger partial charge on any atom is 0.254 e. The molecule has 0 spiro atoms. The molecule has 2 aromatic rings. The number of carbonyl (C=O) groups is 1. The van der Waals surface area contributed by atoms with Crippen LogP contribution in [0.5, 0.6) is 0 Å². The lowest BCUT2D eigenvalue weighted by molar-refractivity contribution is 0.0934. The Morgan fingerprint density at radius 3 is 2.76 bits per heavy atom. The Hall–Kier alpha value is -1.82. The summed E-state index contributed by atoms with van der Waals surface area (Å²) in [5.74, 6) is 1.03. The molecule has 5 nitrogen and oxygen atoms in total. The number of furan rings is 1. The number of nitrogens with one attached hydrogen (secondary N) is 1. The molecular formula is C19H24ClN3O2.